The number of nitrogens with one attached hydrogen (secondary N) is 2. The molecular weight excluding hydrogens is 998 g/mol. The van der Waals surface area contributed by atoms with Gasteiger partial charge in [-0.05, 0) is 59.6 Å². The molecule has 22 nitrogen and oxygen atoms in total. The van der Waals surface area contributed by atoms with Crippen molar-refractivity contribution in [1.82, 2.24) is 88.7 Å². The third-order valence-corrected chi connectivity index (χ3v) is 14.8. The molecule has 26 heteroatoms. The van der Waals surface area contributed by atoms with Crippen LogP contribution in [0.4, 0.5) is 20.2 Å². The molecule has 2 amide bonds. The summed E-state index contributed by atoms with van der Waals surface area (Å²) in [6.07, 6.45) is 20.0. The first-order chi connectivity index (χ1) is 35.6. The normalized spacial score (nSPS) is 19.6. The van der Waals surface area contributed by atoms with Gasteiger partial charge in [-0.25, -0.2) is 29.0 Å². The van der Waals surface area contributed by atoms with Crippen LogP contribution in [0.15, 0.2) is 92.6 Å². The summed E-state index contributed by atoms with van der Waals surface area (Å²) in [5, 5.41) is 40.7. The Morgan fingerprint density at radius 2 is 1.18 bits per heavy atom. The molecule has 0 bridgehead atoms. The molecule has 0 radical (unpaired) electrons. The maximum atomic E-state index is 16.6. The summed E-state index contributed by atoms with van der Waals surface area (Å²) < 4.78 is 38.0. The first kappa shape index (κ1) is 46.7. The van der Waals surface area contributed by atoms with Gasteiger partial charge in [-0.15, -0.1) is 19.8 Å². The number of amides is 2. The van der Waals surface area contributed by atoms with Gasteiger partial charge in [-0.3, -0.25) is 19.0 Å². The van der Waals surface area contributed by atoms with Gasteiger partial charge in [0.1, 0.15) is 0 Å². The van der Waals surface area contributed by atoms with Crippen LogP contribution in [0.1, 0.15) is 111 Å². The average molecular weight is 1040 g/mol. The lowest BCUT2D eigenvalue weighted by Crippen LogP contribution is -2.25. The van der Waals surface area contributed by atoms with Crippen molar-refractivity contribution in [2.75, 3.05) is 10.6 Å². The van der Waals surface area contributed by atoms with Gasteiger partial charge in [0.15, 0.2) is 22.9 Å². The average Bonchev–Trinajstić information content (AvgIpc) is 4.25. The summed E-state index contributed by atoms with van der Waals surface area (Å²) in [6, 6.07) is 3.96. The van der Waals surface area contributed by atoms with Crippen LogP contribution >= 0.6 is 23.2 Å². The second-order valence-electron chi connectivity index (χ2n) is 19.3. The van der Waals surface area contributed by atoms with E-state index in [4.69, 9.17) is 33.3 Å². The molecular formula is C48H42Cl2F2N20O2. The highest BCUT2D eigenvalue weighted by Gasteiger charge is 2.50. The molecule has 2 N–H and O–H groups in total. The van der Waals surface area contributed by atoms with E-state index >= 15 is 4.39 Å². The third-order valence-electron chi connectivity index (χ3n) is 14.2. The second-order valence-corrected chi connectivity index (χ2v) is 20.1. The molecule has 0 spiro atoms. The van der Waals surface area contributed by atoms with Gasteiger partial charge < -0.3 is 10.6 Å². The van der Waals surface area contributed by atoms with Crippen molar-refractivity contribution in [2.24, 2.45) is 0 Å². The van der Waals surface area contributed by atoms with Crippen molar-refractivity contribution in [3.63, 3.8) is 0 Å². The number of halogens is 4. The number of nitrogens with zero attached hydrogens (tertiary/aromatic N) is 18. The van der Waals surface area contributed by atoms with Gasteiger partial charge in [0.2, 0.25) is 23.7 Å². The predicted molar refractivity (Wildman–Crippen MR) is 262 cm³/mol. The minimum Gasteiger partial charge on any atom is -0.324 e. The van der Waals surface area contributed by atoms with E-state index in [1.54, 1.807) is 41.6 Å². The number of aromatic nitrogens is 18. The zero-order valence-corrected chi connectivity index (χ0v) is 41.5. The molecule has 10 heterocycles. The van der Waals surface area contributed by atoms with E-state index < -0.39 is 40.6 Å². The maximum Gasteiger partial charge on any atom is 0.238 e. The zero-order chi connectivity index (χ0) is 51.4. The SMILES string of the molecule is CC(C)n1cc([C@]2(C)C[C@H](C(=O)Nc3cnc(-n4nccn4)c(Cl)c3)c3cnc4c(CC(C)n5cc([C@@]6(C)C[C@@H](C(=O)Nc7cnc(-n8nccn8)c(Cl)c7)c7cnc8cc(F)nn8c76)cn5)c(F)nn4c32)cn1. The van der Waals surface area contributed by atoms with E-state index in [0.717, 1.165) is 5.56 Å². The van der Waals surface area contributed by atoms with Crippen molar-refractivity contribution >= 4 is 57.7 Å². The van der Waals surface area contributed by atoms with Crippen molar-refractivity contribution < 1.29 is 18.4 Å². The van der Waals surface area contributed by atoms with E-state index in [2.05, 4.69) is 61.3 Å². The fraction of sp³-hybridized carbons (Fsp3) is 0.292. The van der Waals surface area contributed by atoms with Gasteiger partial charge in [0.25, 0.3) is 0 Å². The number of carbonyl (C=O) groups is 2. The number of rotatable bonds is 12. The van der Waals surface area contributed by atoms with E-state index in [1.807, 2.05) is 51.7 Å². The highest BCUT2D eigenvalue weighted by atomic mass is 35.5. The summed E-state index contributed by atoms with van der Waals surface area (Å²) in [6.45, 7) is 9.88. The lowest BCUT2D eigenvalue weighted by molar-refractivity contribution is -0.118. The van der Waals surface area contributed by atoms with Crippen LogP contribution in [-0.2, 0) is 26.8 Å². The van der Waals surface area contributed by atoms with Gasteiger partial charge in [-0.2, -0.15) is 39.4 Å². The zero-order valence-electron chi connectivity index (χ0n) is 40.0. The Balaban J connectivity index is 0.848. The second kappa shape index (κ2) is 17.4. The topological polar surface area (TPSA) is 241 Å². The van der Waals surface area contributed by atoms with Gasteiger partial charge in [0, 0.05) is 76.4 Å². The Kier molecular flexibility index (Phi) is 11.0. The number of carbonyl (C=O) groups excluding carboxylic acids is 2. The van der Waals surface area contributed by atoms with Crippen LogP contribution in [-0.4, -0.2) is 101 Å². The van der Waals surface area contributed by atoms with E-state index in [0.29, 0.717) is 51.7 Å². The van der Waals surface area contributed by atoms with Crippen molar-refractivity contribution in [3.8, 4) is 11.6 Å². The molecule has 2 aliphatic rings. The van der Waals surface area contributed by atoms with Crippen LogP contribution in [0.25, 0.3) is 22.9 Å². The molecule has 0 aliphatic heterocycles. The minimum atomic E-state index is -0.946. The number of hydrogen-bond donors (Lipinski definition) is 2. The quantitative estimate of drug-likeness (QED) is 0.126. The Morgan fingerprint density at radius 1 is 0.662 bits per heavy atom. The number of pyridine rings is 2. The lowest BCUT2D eigenvalue weighted by atomic mass is 9.80. The summed E-state index contributed by atoms with van der Waals surface area (Å²) in [7, 11) is 0. The van der Waals surface area contributed by atoms with E-state index in [9.17, 15) is 14.0 Å². The maximum absolute atomic E-state index is 16.6. The first-order valence-electron chi connectivity index (χ1n) is 23.4. The fourth-order valence-electron chi connectivity index (χ4n) is 10.5. The molecule has 1 unspecified atom stereocenters. The largest absolute Gasteiger partial charge is 0.324 e. The molecule has 74 heavy (non-hydrogen) atoms. The van der Waals surface area contributed by atoms with E-state index in [1.165, 1.54) is 61.9 Å². The summed E-state index contributed by atoms with van der Waals surface area (Å²) in [5.74, 6) is -3.10. The molecule has 10 aromatic heterocycles. The summed E-state index contributed by atoms with van der Waals surface area (Å²) in [5.41, 5.74) is 3.49. The highest BCUT2D eigenvalue weighted by Crippen LogP contribution is 2.52. The monoisotopic (exact) mass is 1040 g/mol. The van der Waals surface area contributed by atoms with Gasteiger partial charge >= 0.3 is 0 Å². The smallest absolute Gasteiger partial charge is 0.238 e. The Morgan fingerprint density at radius 3 is 1.70 bits per heavy atom. The number of fused-ring (bicyclic) bond motifs is 6. The molecule has 10 aromatic rings. The molecule has 0 saturated heterocycles. The van der Waals surface area contributed by atoms with Crippen molar-refractivity contribution in [2.45, 2.75) is 88.6 Å². The van der Waals surface area contributed by atoms with E-state index in [-0.39, 0.29) is 63.4 Å². The van der Waals surface area contributed by atoms with Crippen LogP contribution < -0.4 is 10.6 Å². The minimum absolute atomic E-state index is 0.0532. The van der Waals surface area contributed by atoms with Crippen molar-refractivity contribution in [1.29, 1.82) is 0 Å². The Labute approximate surface area is 427 Å². The molecule has 0 fully saturated rings. The summed E-state index contributed by atoms with van der Waals surface area (Å²) >= 11 is 13.1. The first-order valence-corrected chi connectivity index (χ1v) is 24.2. The molecule has 2 aliphatic carbocycles. The van der Waals surface area contributed by atoms with Crippen LogP contribution in [0, 0.1) is 11.9 Å². The van der Waals surface area contributed by atoms with Crippen LogP contribution in [0.2, 0.25) is 10.0 Å². The molecule has 12 rings (SSSR count). The lowest BCUT2D eigenvalue weighted by Gasteiger charge is -2.25. The molecule has 0 saturated carbocycles. The third kappa shape index (κ3) is 7.56. The molecule has 0 aromatic carbocycles. The standard InChI is InChI=1S/C48H42Cl2F2N20O2/c1-24(2)67-22-26(16-61-67)48(5)15-32(46(74)64-29-12-36(50)44(55-19-29)72-59-8-9-60-72)34-21-56-42-30(41(52)66-70(42)40(34)48)10-25(3)68-23-27(17-62-68)47(4)14-31(33-20-53-38-13-37(51)65-69(38)39(33)47)45(73)63-28-11-35(49)43(54-18-28)71-57-6-7-58-71/h6-9,11-13,16-25,31-32H,10,14-15H2,1-5H3,(H,63,73)(H,64,74)/t25?,31-,32+,47-,48+/m1/s1. The van der Waals surface area contributed by atoms with Crippen molar-refractivity contribution in [3.05, 3.63) is 154 Å². The molecule has 5 atom stereocenters. The van der Waals surface area contributed by atoms with Gasteiger partial charge in [0.05, 0.1) is 106 Å². The highest BCUT2D eigenvalue weighted by molar-refractivity contribution is 6.32. The van der Waals surface area contributed by atoms with Crippen LogP contribution in [0.3, 0.4) is 0 Å². The predicted octanol–water partition coefficient (Wildman–Crippen LogP) is 6.95. The van der Waals surface area contributed by atoms with Gasteiger partial charge in [-0.1, -0.05) is 23.2 Å². The summed E-state index contributed by atoms with van der Waals surface area (Å²) in [4.78, 5) is 49.1. The van der Waals surface area contributed by atoms with Crippen LogP contribution in [0.5, 0.6) is 0 Å². The fourth-order valence-corrected chi connectivity index (χ4v) is 11.0. The Bertz CT molecular complexity index is 3850. The number of hydrogen-bond acceptors (Lipinski definition) is 14. The number of anilines is 2. The molecule has 374 valence electrons. The Hall–Kier alpha value is -8.38.